The fraction of sp³-hybridized carbons (Fsp3) is 0.316. The van der Waals surface area contributed by atoms with Crippen LogP contribution in [-0.4, -0.2) is 43.6 Å². The van der Waals surface area contributed by atoms with E-state index in [4.69, 9.17) is 4.74 Å². The number of amides is 2. The van der Waals surface area contributed by atoms with E-state index in [1.54, 1.807) is 13.2 Å². The van der Waals surface area contributed by atoms with Crippen LogP contribution in [0.5, 0.6) is 0 Å². The molecule has 2 rings (SSSR count). The van der Waals surface area contributed by atoms with Crippen LogP contribution in [0.1, 0.15) is 32.8 Å². The monoisotopic (exact) mass is 341 g/mol. The number of hydrogen-bond acceptors (Lipinski definition) is 4. The van der Waals surface area contributed by atoms with E-state index in [0.717, 1.165) is 12.8 Å². The van der Waals surface area contributed by atoms with E-state index in [-0.39, 0.29) is 17.5 Å². The molecule has 1 aromatic carbocycles. The molecule has 0 bridgehead atoms. The highest BCUT2D eigenvalue weighted by Gasteiger charge is 2.11. The Balaban J connectivity index is 1.81. The van der Waals surface area contributed by atoms with Gasteiger partial charge in [-0.25, -0.2) is 0 Å². The number of carbonyl (C=O) groups excluding carboxylic acids is 2. The highest BCUT2D eigenvalue weighted by molar-refractivity contribution is 5.98. The zero-order valence-corrected chi connectivity index (χ0v) is 14.3. The van der Waals surface area contributed by atoms with Crippen molar-refractivity contribution >= 4 is 11.8 Å². The number of benzene rings is 1. The van der Waals surface area contributed by atoms with Crippen molar-refractivity contribution in [1.29, 1.82) is 0 Å². The van der Waals surface area contributed by atoms with Gasteiger partial charge in [-0.3, -0.25) is 14.6 Å². The average molecular weight is 341 g/mol. The summed E-state index contributed by atoms with van der Waals surface area (Å²) in [6, 6.07) is 13.2. The minimum Gasteiger partial charge on any atom is -0.383 e. The van der Waals surface area contributed by atoms with Crippen molar-refractivity contribution in [3.8, 4) is 0 Å². The fourth-order valence-electron chi connectivity index (χ4n) is 2.29. The Morgan fingerprint density at radius 2 is 1.80 bits per heavy atom. The number of ether oxygens (including phenoxy) is 1. The largest absolute Gasteiger partial charge is 0.383 e. The zero-order valence-electron chi connectivity index (χ0n) is 14.3. The average Bonchev–Trinajstić information content (AvgIpc) is 2.66. The lowest BCUT2D eigenvalue weighted by Gasteiger charge is -2.07. The summed E-state index contributed by atoms with van der Waals surface area (Å²) in [5, 5.41) is 5.55. The number of nitrogens with one attached hydrogen (secondary N) is 2. The second-order valence-electron chi connectivity index (χ2n) is 5.52. The molecule has 0 aliphatic heterocycles. The molecule has 0 unspecified atom stereocenters. The van der Waals surface area contributed by atoms with E-state index in [1.807, 2.05) is 18.2 Å². The molecule has 0 aliphatic rings. The molecule has 0 saturated carbocycles. The fourth-order valence-corrected chi connectivity index (χ4v) is 2.29. The highest BCUT2D eigenvalue weighted by atomic mass is 16.5. The van der Waals surface area contributed by atoms with Crippen molar-refractivity contribution in [2.75, 3.05) is 26.8 Å². The van der Waals surface area contributed by atoms with Gasteiger partial charge in [0.15, 0.2) is 0 Å². The number of pyridine rings is 1. The van der Waals surface area contributed by atoms with Gasteiger partial charge in [-0.2, -0.15) is 0 Å². The molecule has 0 spiro atoms. The van der Waals surface area contributed by atoms with Crippen LogP contribution >= 0.6 is 0 Å². The van der Waals surface area contributed by atoms with Crippen LogP contribution in [0.25, 0.3) is 0 Å². The van der Waals surface area contributed by atoms with E-state index in [9.17, 15) is 9.59 Å². The number of nitrogens with zero attached hydrogens (tertiary/aromatic N) is 1. The van der Waals surface area contributed by atoms with Crippen LogP contribution < -0.4 is 10.6 Å². The second kappa shape index (κ2) is 10.2. The van der Waals surface area contributed by atoms with Crippen LogP contribution in [0.3, 0.4) is 0 Å². The lowest BCUT2D eigenvalue weighted by atomic mass is 10.1. The maximum Gasteiger partial charge on any atom is 0.269 e. The summed E-state index contributed by atoms with van der Waals surface area (Å²) in [6.45, 7) is 1.41. The van der Waals surface area contributed by atoms with Crippen LogP contribution in [0.2, 0.25) is 0 Å². The highest BCUT2D eigenvalue weighted by Crippen LogP contribution is 2.04. The van der Waals surface area contributed by atoms with Crippen molar-refractivity contribution in [3.63, 3.8) is 0 Å². The van der Waals surface area contributed by atoms with Crippen LogP contribution in [0.15, 0.2) is 48.7 Å². The van der Waals surface area contributed by atoms with E-state index in [2.05, 4.69) is 27.8 Å². The summed E-state index contributed by atoms with van der Waals surface area (Å²) in [4.78, 5) is 28.2. The normalized spacial score (nSPS) is 10.3. The molecule has 1 aromatic heterocycles. The molecule has 2 amide bonds. The molecule has 0 radical (unpaired) electrons. The minimum atomic E-state index is -0.278. The van der Waals surface area contributed by atoms with Gasteiger partial charge in [0, 0.05) is 32.0 Å². The smallest absolute Gasteiger partial charge is 0.269 e. The Morgan fingerprint density at radius 3 is 2.56 bits per heavy atom. The van der Waals surface area contributed by atoms with Crippen molar-refractivity contribution in [2.45, 2.75) is 12.8 Å². The first-order chi connectivity index (χ1) is 12.2. The van der Waals surface area contributed by atoms with Crippen molar-refractivity contribution < 1.29 is 14.3 Å². The number of rotatable bonds is 9. The molecule has 0 atom stereocenters. The second-order valence-corrected chi connectivity index (χ2v) is 5.52. The molecule has 2 aromatic rings. The van der Waals surface area contributed by atoms with Crippen LogP contribution in [-0.2, 0) is 11.2 Å². The molecule has 25 heavy (non-hydrogen) atoms. The van der Waals surface area contributed by atoms with E-state index < -0.39 is 0 Å². The Bertz CT molecular complexity index is 689. The SMILES string of the molecule is COCCNC(=O)c1ccnc(C(=O)NCCCc2ccccc2)c1. The third-order valence-electron chi connectivity index (χ3n) is 3.62. The lowest BCUT2D eigenvalue weighted by molar-refractivity contribution is 0.0937. The summed E-state index contributed by atoms with van der Waals surface area (Å²) >= 11 is 0. The number of hydrogen-bond donors (Lipinski definition) is 2. The minimum absolute atomic E-state index is 0.235. The van der Waals surface area contributed by atoms with Gasteiger partial charge in [0.2, 0.25) is 0 Å². The maximum atomic E-state index is 12.2. The van der Waals surface area contributed by atoms with E-state index in [1.165, 1.54) is 17.8 Å². The lowest BCUT2D eigenvalue weighted by Crippen LogP contribution is -2.28. The summed E-state index contributed by atoms with van der Waals surface area (Å²) in [6.07, 6.45) is 3.20. The molecule has 2 N–H and O–H groups in total. The molecule has 0 saturated heterocycles. The summed E-state index contributed by atoms with van der Waals surface area (Å²) < 4.78 is 4.89. The number of aryl methyl sites for hydroxylation is 1. The van der Waals surface area contributed by atoms with Gasteiger partial charge in [-0.15, -0.1) is 0 Å². The molecule has 0 aliphatic carbocycles. The molecule has 132 valence electrons. The van der Waals surface area contributed by atoms with Gasteiger partial charge in [0.1, 0.15) is 5.69 Å². The molecule has 1 heterocycles. The van der Waals surface area contributed by atoms with E-state index in [0.29, 0.717) is 25.3 Å². The zero-order chi connectivity index (χ0) is 17.9. The Labute approximate surface area is 147 Å². The number of carbonyl (C=O) groups is 2. The van der Waals surface area contributed by atoms with Crippen molar-refractivity contribution in [2.24, 2.45) is 0 Å². The maximum absolute atomic E-state index is 12.2. The van der Waals surface area contributed by atoms with Crippen molar-refractivity contribution in [3.05, 3.63) is 65.5 Å². The first kappa shape index (κ1) is 18.6. The summed E-state index contributed by atoms with van der Waals surface area (Å²) in [5.41, 5.74) is 1.88. The molecule has 6 heteroatoms. The van der Waals surface area contributed by atoms with Gasteiger partial charge < -0.3 is 15.4 Å². The van der Waals surface area contributed by atoms with Crippen LogP contribution in [0, 0.1) is 0 Å². The van der Waals surface area contributed by atoms with Gasteiger partial charge in [-0.1, -0.05) is 30.3 Å². The van der Waals surface area contributed by atoms with Gasteiger partial charge in [0.05, 0.1) is 6.61 Å². The van der Waals surface area contributed by atoms with Gasteiger partial charge in [-0.05, 0) is 30.5 Å². The third kappa shape index (κ3) is 6.35. The third-order valence-corrected chi connectivity index (χ3v) is 3.62. The predicted octanol–water partition coefficient (Wildman–Crippen LogP) is 1.82. The Kier molecular flexibility index (Phi) is 7.59. The molecule has 6 nitrogen and oxygen atoms in total. The number of methoxy groups -OCH3 is 1. The first-order valence-electron chi connectivity index (χ1n) is 8.26. The van der Waals surface area contributed by atoms with E-state index >= 15 is 0 Å². The topological polar surface area (TPSA) is 80.3 Å². The van der Waals surface area contributed by atoms with Gasteiger partial charge >= 0.3 is 0 Å². The predicted molar refractivity (Wildman–Crippen MR) is 95.5 cm³/mol. The standard InChI is InChI=1S/C19H23N3O3/c1-25-13-12-22-18(23)16-9-11-20-17(14-16)19(24)21-10-5-8-15-6-3-2-4-7-15/h2-4,6-7,9,11,14H,5,8,10,12-13H2,1H3,(H,21,24)(H,22,23). The summed E-state index contributed by atoms with van der Waals surface area (Å²) in [5.74, 6) is -0.530. The quantitative estimate of drug-likeness (QED) is 0.682. The molecule has 0 fully saturated rings. The summed E-state index contributed by atoms with van der Waals surface area (Å²) in [7, 11) is 1.57. The molecular formula is C19H23N3O3. The molecular weight excluding hydrogens is 318 g/mol. The van der Waals surface area contributed by atoms with Crippen LogP contribution in [0.4, 0.5) is 0 Å². The van der Waals surface area contributed by atoms with Crippen molar-refractivity contribution in [1.82, 2.24) is 15.6 Å². The van der Waals surface area contributed by atoms with Gasteiger partial charge in [0.25, 0.3) is 11.8 Å². The first-order valence-corrected chi connectivity index (χ1v) is 8.26. The number of aromatic nitrogens is 1. The Hall–Kier alpha value is -2.73. The Morgan fingerprint density at radius 1 is 1.04 bits per heavy atom.